The molecule has 0 unspecified atom stereocenters. The van der Waals surface area contributed by atoms with Gasteiger partial charge in [0.05, 0.1) is 16.1 Å². The van der Waals surface area contributed by atoms with Crippen LogP contribution in [0.3, 0.4) is 0 Å². The molecule has 0 saturated heterocycles. The zero-order valence-electron chi connectivity index (χ0n) is 10.3. The fraction of sp³-hybridized carbons (Fsp3) is 0. The highest BCUT2D eigenvalue weighted by atomic mass is 35.5. The van der Waals surface area contributed by atoms with Crippen molar-refractivity contribution in [1.29, 1.82) is 0 Å². The molecule has 10 heteroatoms. The number of carbonyl (C=O) groups is 1. The molecule has 1 aromatic carbocycles. The number of nitrogens with two attached hydrogens (primary N) is 1. The van der Waals surface area contributed by atoms with E-state index in [1.165, 1.54) is 30.5 Å². The van der Waals surface area contributed by atoms with Crippen molar-refractivity contribution >= 4 is 29.1 Å². The highest BCUT2D eigenvalue weighted by Gasteiger charge is 2.14. The highest BCUT2D eigenvalue weighted by Crippen LogP contribution is 2.14. The maximum atomic E-state index is 11.6. The SMILES string of the molecule is N/C(=N\OC(=O)c1[nH]ncc1Cl)c1ccc([N+](=O)[O-])cc1. The van der Waals surface area contributed by atoms with Gasteiger partial charge in [-0.15, -0.1) is 0 Å². The minimum atomic E-state index is -0.859. The molecule has 0 amide bonds. The average Bonchev–Trinajstić information content (AvgIpc) is 2.90. The molecule has 0 radical (unpaired) electrons. The van der Waals surface area contributed by atoms with Crippen molar-refractivity contribution in [2.24, 2.45) is 10.9 Å². The Labute approximate surface area is 122 Å². The molecule has 21 heavy (non-hydrogen) atoms. The number of nitrogens with one attached hydrogen (secondary N) is 1. The molecule has 108 valence electrons. The van der Waals surface area contributed by atoms with E-state index in [9.17, 15) is 14.9 Å². The number of H-pyrrole nitrogens is 1. The number of aromatic nitrogens is 2. The molecule has 0 aliphatic heterocycles. The van der Waals surface area contributed by atoms with Crippen molar-refractivity contribution in [3.63, 3.8) is 0 Å². The van der Waals surface area contributed by atoms with Crippen LogP contribution in [-0.4, -0.2) is 26.9 Å². The Morgan fingerprint density at radius 2 is 2.10 bits per heavy atom. The Morgan fingerprint density at radius 3 is 2.62 bits per heavy atom. The lowest BCUT2D eigenvalue weighted by molar-refractivity contribution is -0.384. The van der Waals surface area contributed by atoms with Crippen LogP contribution in [0, 0.1) is 10.1 Å². The minimum absolute atomic E-state index is 0.0584. The summed E-state index contributed by atoms with van der Waals surface area (Å²) in [5.74, 6) is -0.976. The number of nitro benzene ring substituents is 1. The standard InChI is InChI=1S/C11H8ClN5O4/c12-8-5-14-15-9(8)11(18)21-16-10(13)6-1-3-7(4-2-6)17(19)20/h1-5H,(H2,13,16)(H,14,15). The fourth-order valence-corrected chi connectivity index (χ4v) is 1.53. The molecule has 0 saturated carbocycles. The van der Waals surface area contributed by atoms with Gasteiger partial charge in [-0.3, -0.25) is 15.2 Å². The topological polar surface area (TPSA) is 136 Å². The first-order valence-corrected chi connectivity index (χ1v) is 5.85. The summed E-state index contributed by atoms with van der Waals surface area (Å²) in [6.07, 6.45) is 1.24. The van der Waals surface area contributed by atoms with Crippen molar-refractivity contribution in [1.82, 2.24) is 10.2 Å². The van der Waals surface area contributed by atoms with Crippen LogP contribution in [0.4, 0.5) is 5.69 Å². The van der Waals surface area contributed by atoms with Gasteiger partial charge in [0.15, 0.2) is 11.5 Å². The summed E-state index contributed by atoms with van der Waals surface area (Å²) in [5.41, 5.74) is 5.82. The highest BCUT2D eigenvalue weighted by molar-refractivity contribution is 6.33. The third kappa shape index (κ3) is 3.34. The van der Waals surface area contributed by atoms with Crippen LogP contribution in [0.15, 0.2) is 35.6 Å². The second kappa shape index (κ2) is 6.01. The van der Waals surface area contributed by atoms with Gasteiger partial charge >= 0.3 is 5.97 Å². The van der Waals surface area contributed by atoms with Crippen LogP contribution in [0.2, 0.25) is 5.02 Å². The van der Waals surface area contributed by atoms with Crippen LogP contribution in [0.1, 0.15) is 16.1 Å². The zero-order valence-corrected chi connectivity index (χ0v) is 11.1. The Balaban J connectivity index is 2.09. The van der Waals surface area contributed by atoms with E-state index in [2.05, 4.69) is 20.2 Å². The van der Waals surface area contributed by atoms with E-state index in [1.807, 2.05) is 0 Å². The molecular weight excluding hydrogens is 302 g/mol. The number of rotatable bonds is 4. The van der Waals surface area contributed by atoms with Gasteiger partial charge in [0.1, 0.15) is 0 Å². The molecule has 2 rings (SSSR count). The first-order valence-electron chi connectivity index (χ1n) is 5.47. The molecule has 1 heterocycles. The van der Waals surface area contributed by atoms with E-state index >= 15 is 0 Å². The molecular formula is C11H8ClN5O4. The Morgan fingerprint density at radius 1 is 1.43 bits per heavy atom. The lowest BCUT2D eigenvalue weighted by atomic mass is 10.2. The van der Waals surface area contributed by atoms with Crippen molar-refractivity contribution in [3.8, 4) is 0 Å². The third-order valence-corrected chi connectivity index (χ3v) is 2.68. The van der Waals surface area contributed by atoms with Crippen LogP contribution in [0.5, 0.6) is 0 Å². The molecule has 3 N–H and O–H groups in total. The van der Waals surface area contributed by atoms with Gasteiger partial charge in [-0.25, -0.2) is 4.79 Å². The number of hydrogen-bond acceptors (Lipinski definition) is 6. The smallest absolute Gasteiger partial charge is 0.380 e. The second-order valence-electron chi connectivity index (χ2n) is 3.75. The van der Waals surface area contributed by atoms with Crippen molar-refractivity contribution in [2.45, 2.75) is 0 Å². The first kappa shape index (κ1) is 14.5. The molecule has 2 aromatic rings. The van der Waals surface area contributed by atoms with Gasteiger partial charge in [-0.2, -0.15) is 5.10 Å². The van der Waals surface area contributed by atoms with Gasteiger partial charge in [0.25, 0.3) is 5.69 Å². The molecule has 0 bridgehead atoms. The van der Waals surface area contributed by atoms with Gasteiger partial charge < -0.3 is 10.6 Å². The number of halogens is 1. The quantitative estimate of drug-likeness (QED) is 0.288. The predicted octanol–water partition coefficient (Wildman–Crippen LogP) is 1.45. The predicted molar refractivity (Wildman–Crippen MR) is 72.8 cm³/mol. The van der Waals surface area contributed by atoms with E-state index in [4.69, 9.17) is 17.3 Å². The molecule has 0 fully saturated rings. The number of oxime groups is 1. The van der Waals surface area contributed by atoms with Crippen LogP contribution >= 0.6 is 11.6 Å². The van der Waals surface area contributed by atoms with E-state index in [0.717, 1.165) is 0 Å². The number of benzene rings is 1. The summed E-state index contributed by atoms with van der Waals surface area (Å²) in [6, 6.07) is 5.28. The summed E-state index contributed by atoms with van der Waals surface area (Å²) in [6.45, 7) is 0. The van der Waals surface area contributed by atoms with E-state index < -0.39 is 10.9 Å². The number of non-ortho nitro benzene ring substituents is 1. The number of hydrogen-bond donors (Lipinski definition) is 2. The number of amidine groups is 1. The number of nitrogens with zero attached hydrogens (tertiary/aromatic N) is 3. The summed E-state index contributed by atoms with van der Waals surface area (Å²) in [7, 11) is 0. The lowest BCUT2D eigenvalue weighted by Gasteiger charge is -2.00. The normalized spacial score (nSPS) is 11.2. The van der Waals surface area contributed by atoms with E-state index in [0.29, 0.717) is 5.56 Å². The van der Waals surface area contributed by atoms with Gasteiger partial charge in [0, 0.05) is 17.7 Å². The van der Waals surface area contributed by atoms with Crippen molar-refractivity contribution in [2.75, 3.05) is 0 Å². The molecule has 0 atom stereocenters. The maximum Gasteiger partial charge on any atom is 0.384 e. The van der Waals surface area contributed by atoms with E-state index in [-0.39, 0.29) is 22.2 Å². The summed E-state index contributed by atoms with van der Waals surface area (Å²) < 4.78 is 0. The van der Waals surface area contributed by atoms with Crippen LogP contribution in [0.25, 0.3) is 0 Å². The Kier molecular flexibility index (Phi) is 4.14. The average molecular weight is 310 g/mol. The molecule has 0 aliphatic carbocycles. The van der Waals surface area contributed by atoms with Crippen molar-refractivity contribution < 1.29 is 14.6 Å². The first-order chi connectivity index (χ1) is 9.99. The summed E-state index contributed by atoms with van der Waals surface area (Å²) >= 11 is 5.68. The van der Waals surface area contributed by atoms with E-state index in [1.54, 1.807) is 0 Å². The van der Waals surface area contributed by atoms with Crippen molar-refractivity contribution in [3.05, 3.63) is 56.9 Å². The van der Waals surface area contributed by atoms with Gasteiger partial charge in [-0.1, -0.05) is 16.8 Å². The lowest BCUT2D eigenvalue weighted by Crippen LogP contribution is -2.15. The maximum absolute atomic E-state index is 11.6. The number of nitro groups is 1. The largest absolute Gasteiger partial charge is 0.384 e. The molecule has 1 aromatic heterocycles. The molecule has 0 aliphatic rings. The second-order valence-corrected chi connectivity index (χ2v) is 4.16. The number of carbonyl (C=O) groups excluding carboxylic acids is 1. The minimum Gasteiger partial charge on any atom is -0.380 e. The fourth-order valence-electron chi connectivity index (χ4n) is 1.36. The Hall–Kier alpha value is -2.94. The van der Waals surface area contributed by atoms with Crippen LogP contribution < -0.4 is 5.73 Å². The molecule has 9 nitrogen and oxygen atoms in total. The van der Waals surface area contributed by atoms with Gasteiger partial charge in [-0.05, 0) is 12.1 Å². The summed E-state index contributed by atoms with van der Waals surface area (Å²) in [5, 5.41) is 19.9. The number of aromatic amines is 1. The Bertz CT molecular complexity index is 710. The zero-order chi connectivity index (χ0) is 15.4. The van der Waals surface area contributed by atoms with Gasteiger partial charge in [0.2, 0.25) is 0 Å². The van der Waals surface area contributed by atoms with Crippen LogP contribution in [-0.2, 0) is 4.84 Å². The molecule has 0 spiro atoms. The third-order valence-electron chi connectivity index (χ3n) is 2.40. The monoisotopic (exact) mass is 309 g/mol. The summed E-state index contributed by atoms with van der Waals surface area (Å²) in [4.78, 5) is 26.1.